The molecule has 0 saturated carbocycles. The van der Waals surface area contributed by atoms with E-state index in [-0.39, 0.29) is 11.8 Å². The number of thioether (sulfide) groups is 1. The Bertz CT molecular complexity index is 397. The zero-order valence-electron chi connectivity index (χ0n) is 8.92. The minimum absolute atomic E-state index is 0.131. The molecule has 1 aliphatic rings. The van der Waals surface area contributed by atoms with Crippen LogP contribution in [0.4, 0.5) is 0 Å². The molecule has 1 fully saturated rings. The number of aromatic carboxylic acids is 1. The van der Waals surface area contributed by atoms with E-state index in [1.165, 1.54) is 6.20 Å². The van der Waals surface area contributed by atoms with E-state index in [0.29, 0.717) is 5.25 Å². The standard InChI is InChI=1S/C11H13NO3S/c1-7-8(4-6-15-7)16-9-3-2-5-12-10(9)11(13)14/h2-3,5,7-8H,4,6H2,1H3,(H,13,14). The van der Waals surface area contributed by atoms with E-state index in [2.05, 4.69) is 4.98 Å². The van der Waals surface area contributed by atoms with Crippen LogP contribution in [0.5, 0.6) is 0 Å². The lowest BCUT2D eigenvalue weighted by Crippen LogP contribution is -2.14. The van der Waals surface area contributed by atoms with Gasteiger partial charge in [0.05, 0.1) is 6.10 Å². The Hall–Kier alpha value is -1.07. The molecule has 4 nitrogen and oxygen atoms in total. The van der Waals surface area contributed by atoms with E-state index in [9.17, 15) is 4.79 Å². The number of aromatic nitrogens is 1. The summed E-state index contributed by atoms with van der Waals surface area (Å²) in [5.41, 5.74) is 0.131. The molecule has 0 bridgehead atoms. The van der Waals surface area contributed by atoms with Gasteiger partial charge >= 0.3 is 5.97 Å². The summed E-state index contributed by atoms with van der Waals surface area (Å²) in [6.45, 7) is 2.77. The summed E-state index contributed by atoms with van der Waals surface area (Å²) < 4.78 is 5.45. The number of carboxylic acids is 1. The van der Waals surface area contributed by atoms with Gasteiger partial charge in [0.2, 0.25) is 0 Å². The van der Waals surface area contributed by atoms with Gasteiger partial charge in [-0.2, -0.15) is 0 Å². The number of ether oxygens (including phenoxy) is 1. The maximum absolute atomic E-state index is 11.0. The molecule has 1 aliphatic heterocycles. The lowest BCUT2D eigenvalue weighted by molar-refractivity contribution is 0.0686. The molecule has 2 unspecified atom stereocenters. The second-order valence-corrected chi connectivity index (χ2v) is 4.96. The monoisotopic (exact) mass is 239 g/mol. The van der Waals surface area contributed by atoms with Crippen molar-refractivity contribution in [3.05, 3.63) is 24.0 Å². The van der Waals surface area contributed by atoms with Gasteiger partial charge in [-0.3, -0.25) is 0 Å². The van der Waals surface area contributed by atoms with Crippen molar-refractivity contribution in [2.75, 3.05) is 6.61 Å². The van der Waals surface area contributed by atoms with Gasteiger partial charge in [0.15, 0.2) is 5.69 Å². The fourth-order valence-electron chi connectivity index (χ4n) is 1.68. The van der Waals surface area contributed by atoms with Crippen molar-refractivity contribution in [2.45, 2.75) is 29.6 Å². The van der Waals surface area contributed by atoms with Crippen LogP contribution in [0.15, 0.2) is 23.2 Å². The van der Waals surface area contributed by atoms with Gasteiger partial charge < -0.3 is 9.84 Å². The Morgan fingerprint density at radius 3 is 3.12 bits per heavy atom. The summed E-state index contributed by atoms with van der Waals surface area (Å²) >= 11 is 1.55. The number of rotatable bonds is 3. The van der Waals surface area contributed by atoms with Crippen molar-refractivity contribution in [3.8, 4) is 0 Å². The molecule has 2 atom stereocenters. The van der Waals surface area contributed by atoms with Crippen LogP contribution in [0.2, 0.25) is 0 Å². The fraction of sp³-hybridized carbons (Fsp3) is 0.455. The normalized spacial score (nSPS) is 24.6. The quantitative estimate of drug-likeness (QED) is 0.874. The first-order chi connectivity index (χ1) is 7.68. The molecule has 0 aromatic carbocycles. The molecule has 2 heterocycles. The van der Waals surface area contributed by atoms with Crippen LogP contribution >= 0.6 is 11.8 Å². The van der Waals surface area contributed by atoms with Gasteiger partial charge in [0.1, 0.15) is 0 Å². The van der Waals surface area contributed by atoms with Gasteiger partial charge in [0.25, 0.3) is 0 Å². The predicted octanol–water partition coefficient (Wildman–Crippen LogP) is 2.05. The molecule has 0 aliphatic carbocycles. The third-order valence-electron chi connectivity index (χ3n) is 2.56. The Labute approximate surface area is 98.0 Å². The molecule has 1 saturated heterocycles. The van der Waals surface area contributed by atoms with Crippen LogP contribution < -0.4 is 0 Å². The molecule has 1 N–H and O–H groups in total. The number of carboxylic acid groups (broad SMARTS) is 1. The Balaban J connectivity index is 2.17. The minimum Gasteiger partial charge on any atom is -0.476 e. The van der Waals surface area contributed by atoms with Crippen LogP contribution in [-0.2, 0) is 4.74 Å². The van der Waals surface area contributed by atoms with Crippen LogP contribution in [0, 0.1) is 0 Å². The van der Waals surface area contributed by atoms with E-state index in [1.54, 1.807) is 23.9 Å². The highest BCUT2D eigenvalue weighted by molar-refractivity contribution is 8.00. The Morgan fingerprint density at radius 2 is 2.50 bits per heavy atom. The third kappa shape index (κ3) is 2.36. The van der Waals surface area contributed by atoms with Crippen LogP contribution in [0.25, 0.3) is 0 Å². The number of hydrogen-bond donors (Lipinski definition) is 1. The van der Waals surface area contributed by atoms with E-state index in [4.69, 9.17) is 9.84 Å². The zero-order chi connectivity index (χ0) is 11.5. The highest BCUT2D eigenvalue weighted by atomic mass is 32.2. The molecular weight excluding hydrogens is 226 g/mol. The van der Waals surface area contributed by atoms with E-state index in [1.807, 2.05) is 6.92 Å². The number of hydrogen-bond acceptors (Lipinski definition) is 4. The van der Waals surface area contributed by atoms with Crippen molar-refractivity contribution in [1.82, 2.24) is 4.98 Å². The molecule has 1 aromatic heterocycles. The topological polar surface area (TPSA) is 59.4 Å². The highest BCUT2D eigenvalue weighted by Gasteiger charge is 2.26. The van der Waals surface area contributed by atoms with Crippen LogP contribution in [0.1, 0.15) is 23.8 Å². The molecule has 0 amide bonds. The minimum atomic E-state index is -0.977. The lowest BCUT2D eigenvalue weighted by Gasteiger charge is -2.14. The average molecular weight is 239 g/mol. The molecule has 0 spiro atoms. The second kappa shape index (κ2) is 4.84. The molecule has 86 valence electrons. The smallest absolute Gasteiger partial charge is 0.355 e. The highest BCUT2D eigenvalue weighted by Crippen LogP contribution is 2.33. The van der Waals surface area contributed by atoms with Gasteiger partial charge in [-0.15, -0.1) is 11.8 Å². The molecular formula is C11H13NO3S. The number of pyridine rings is 1. The Morgan fingerprint density at radius 1 is 1.69 bits per heavy atom. The summed E-state index contributed by atoms with van der Waals surface area (Å²) in [7, 11) is 0. The predicted molar refractivity (Wildman–Crippen MR) is 60.9 cm³/mol. The van der Waals surface area contributed by atoms with Gasteiger partial charge in [-0.25, -0.2) is 9.78 Å². The van der Waals surface area contributed by atoms with E-state index >= 15 is 0 Å². The largest absolute Gasteiger partial charge is 0.476 e. The summed E-state index contributed by atoms with van der Waals surface area (Å²) in [4.78, 5) is 15.6. The lowest BCUT2D eigenvalue weighted by atomic mass is 10.3. The number of carbonyl (C=O) groups is 1. The first-order valence-corrected chi connectivity index (χ1v) is 6.03. The average Bonchev–Trinajstić information content (AvgIpc) is 2.65. The van der Waals surface area contributed by atoms with Crippen LogP contribution in [-0.4, -0.2) is 34.0 Å². The molecule has 16 heavy (non-hydrogen) atoms. The number of nitrogens with zero attached hydrogens (tertiary/aromatic N) is 1. The third-order valence-corrected chi connectivity index (χ3v) is 4.06. The molecule has 1 aromatic rings. The summed E-state index contributed by atoms with van der Waals surface area (Å²) in [5, 5.41) is 9.32. The van der Waals surface area contributed by atoms with Crippen LogP contribution in [0.3, 0.4) is 0 Å². The van der Waals surface area contributed by atoms with Crippen molar-refractivity contribution in [3.63, 3.8) is 0 Å². The van der Waals surface area contributed by atoms with E-state index < -0.39 is 5.97 Å². The van der Waals surface area contributed by atoms with Gasteiger partial charge in [-0.05, 0) is 25.5 Å². The van der Waals surface area contributed by atoms with Crippen molar-refractivity contribution >= 4 is 17.7 Å². The maximum atomic E-state index is 11.0. The van der Waals surface area contributed by atoms with Crippen molar-refractivity contribution in [1.29, 1.82) is 0 Å². The molecule has 2 rings (SSSR count). The Kier molecular flexibility index (Phi) is 3.46. The first kappa shape index (κ1) is 11.4. The SMILES string of the molecule is CC1OCCC1Sc1cccnc1C(=O)O. The second-order valence-electron chi connectivity index (χ2n) is 3.68. The molecule has 5 heteroatoms. The zero-order valence-corrected chi connectivity index (χ0v) is 9.74. The first-order valence-electron chi connectivity index (χ1n) is 5.15. The van der Waals surface area contributed by atoms with Crippen molar-refractivity contribution in [2.24, 2.45) is 0 Å². The van der Waals surface area contributed by atoms with E-state index in [0.717, 1.165) is 17.9 Å². The fourth-order valence-corrected chi connectivity index (χ4v) is 2.90. The maximum Gasteiger partial charge on any atom is 0.355 e. The summed E-state index contributed by atoms with van der Waals surface area (Å²) in [6, 6.07) is 3.56. The van der Waals surface area contributed by atoms with Crippen molar-refractivity contribution < 1.29 is 14.6 Å². The summed E-state index contributed by atoms with van der Waals surface area (Å²) in [6.07, 6.45) is 2.63. The van der Waals surface area contributed by atoms with Gasteiger partial charge in [0, 0.05) is 22.9 Å². The molecule has 0 radical (unpaired) electrons. The van der Waals surface area contributed by atoms with Gasteiger partial charge in [-0.1, -0.05) is 0 Å². The summed E-state index contributed by atoms with van der Waals surface area (Å²) in [5.74, 6) is -0.977.